The van der Waals surface area contributed by atoms with Gasteiger partial charge in [0.05, 0.1) is 11.1 Å². The molecule has 2 rings (SSSR count). The van der Waals surface area contributed by atoms with Gasteiger partial charge in [-0.05, 0) is 35.3 Å². The van der Waals surface area contributed by atoms with E-state index in [2.05, 4.69) is 9.97 Å². The first-order chi connectivity index (χ1) is 9.59. The molecule has 0 atom stereocenters. The van der Waals surface area contributed by atoms with E-state index in [9.17, 15) is 9.59 Å². The molecule has 2 aromatic heterocycles. The van der Waals surface area contributed by atoms with Crippen LogP contribution in [0.1, 0.15) is 20.7 Å². The molecule has 0 bridgehead atoms. The number of hydrogen-bond donors (Lipinski definition) is 0. The molecule has 0 aliphatic carbocycles. The van der Waals surface area contributed by atoms with E-state index in [-0.39, 0.29) is 0 Å². The van der Waals surface area contributed by atoms with Crippen LogP contribution in [0.3, 0.4) is 0 Å². The van der Waals surface area contributed by atoms with Gasteiger partial charge < -0.3 is 0 Å². The van der Waals surface area contributed by atoms with E-state index < -0.39 is 10.5 Å². The summed E-state index contributed by atoms with van der Waals surface area (Å²) in [5, 5.41) is -1.16. The fourth-order valence-electron chi connectivity index (χ4n) is 1.29. The van der Waals surface area contributed by atoms with E-state index in [1.165, 1.54) is 34.0 Å². The summed E-state index contributed by atoms with van der Waals surface area (Å²) in [5.74, 6) is 0. The predicted molar refractivity (Wildman–Crippen MR) is 80.6 cm³/mol. The van der Waals surface area contributed by atoms with E-state index in [4.69, 9.17) is 23.2 Å². The molecular formula is C12H6Cl2N2O2S2. The molecule has 0 aliphatic heterocycles. The maximum atomic E-state index is 11.3. The van der Waals surface area contributed by atoms with Gasteiger partial charge in [-0.1, -0.05) is 21.6 Å². The topological polar surface area (TPSA) is 59.9 Å². The molecule has 8 heteroatoms. The van der Waals surface area contributed by atoms with Crippen LogP contribution in [0.4, 0.5) is 0 Å². The maximum Gasteiger partial charge on any atom is 0.255 e. The van der Waals surface area contributed by atoms with Crippen molar-refractivity contribution in [3.8, 4) is 0 Å². The van der Waals surface area contributed by atoms with E-state index in [0.29, 0.717) is 20.9 Å². The van der Waals surface area contributed by atoms with Crippen molar-refractivity contribution in [2.24, 2.45) is 0 Å². The summed E-state index contributed by atoms with van der Waals surface area (Å²) >= 11 is 11.0. The summed E-state index contributed by atoms with van der Waals surface area (Å²) in [5.41, 5.74) is 0.638. The summed E-state index contributed by atoms with van der Waals surface area (Å²) < 4.78 is 0. The quantitative estimate of drug-likeness (QED) is 0.602. The molecule has 0 saturated carbocycles. The van der Waals surface area contributed by atoms with Gasteiger partial charge >= 0.3 is 0 Å². The van der Waals surface area contributed by atoms with Crippen LogP contribution in [-0.4, -0.2) is 20.5 Å². The highest BCUT2D eigenvalue weighted by molar-refractivity contribution is 8.76. The Morgan fingerprint density at radius 2 is 1.25 bits per heavy atom. The summed E-state index contributed by atoms with van der Waals surface area (Å²) in [6.45, 7) is 0. The van der Waals surface area contributed by atoms with Crippen LogP contribution in [-0.2, 0) is 0 Å². The van der Waals surface area contributed by atoms with Crippen LogP contribution < -0.4 is 0 Å². The third kappa shape index (κ3) is 3.73. The molecule has 0 radical (unpaired) electrons. The molecule has 0 fully saturated rings. The molecular weight excluding hydrogens is 339 g/mol. The zero-order valence-electron chi connectivity index (χ0n) is 9.75. The number of aromatic nitrogens is 2. The van der Waals surface area contributed by atoms with Gasteiger partial charge in [-0.3, -0.25) is 19.6 Å². The largest absolute Gasteiger partial charge is 0.276 e. The molecule has 0 saturated heterocycles. The second-order valence-corrected chi connectivity index (χ2v) is 6.36. The second-order valence-electron chi connectivity index (χ2n) is 3.46. The number of hydrogen-bond acceptors (Lipinski definition) is 6. The van der Waals surface area contributed by atoms with Gasteiger partial charge in [0.15, 0.2) is 0 Å². The SMILES string of the molecule is O=C(Cl)c1cnccc1SSc1ccncc1C(=O)Cl. The van der Waals surface area contributed by atoms with Gasteiger partial charge in [0.1, 0.15) is 0 Å². The molecule has 0 N–H and O–H groups in total. The molecule has 20 heavy (non-hydrogen) atoms. The van der Waals surface area contributed by atoms with Gasteiger partial charge in [-0.2, -0.15) is 0 Å². The summed E-state index contributed by atoms with van der Waals surface area (Å²) in [7, 11) is 2.59. The highest BCUT2D eigenvalue weighted by Crippen LogP contribution is 2.40. The van der Waals surface area contributed by atoms with Gasteiger partial charge in [0, 0.05) is 34.6 Å². The Hall–Kier alpha value is -1.08. The van der Waals surface area contributed by atoms with Gasteiger partial charge in [0.2, 0.25) is 0 Å². The molecule has 2 aromatic rings. The summed E-state index contributed by atoms with van der Waals surface area (Å²) in [6.07, 6.45) is 5.93. The lowest BCUT2D eigenvalue weighted by molar-refractivity contribution is 0.107. The highest BCUT2D eigenvalue weighted by Gasteiger charge is 2.13. The second kappa shape index (κ2) is 7.08. The minimum Gasteiger partial charge on any atom is -0.276 e. The summed E-state index contributed by atoms with van der Waals surface area (Å²) in [6, 6.07) is 3.35. The Morgan fingerprint density at radius 1 is 0.850 bits per heavy atom. The van der Waals surface area contributed by atoms with Gasteiger partial charge in [0.25, 0.3) is 10.5 Å². The zero-order chi connectivity index (χ0) is 14.5. The maximum absolute atomic E-state index is 11.3. The lowest BCUT2D eigenvalue weighted by atomic mass is 10.3. The Bertz CT molecular complexity index is 610. The summed E-state index contributed by atoms with van der Waals surface area (Å²) in [4.78, 5) is 31.6. The normalized spacial score (nSPS) is 10.3. The van der Waals surface area contributed by atoms with Crippen molar-refractivity contribution in [3.05, 3.63) is 48.0 Å². The predicted octanol–water partition coefficient (Wildman–Crippen LogP) is 4.03. The zero-order valence-corrected chi connectivity index (χ0v) is 12.9. The van der Waals surface area contributed by atoms with Crippen LogP contribution in [0.15, 0.2) is 46.7 Å². The van der Waals surface area contributed by atoms with Crippen molar-refractivity contribution in [2.75, 3.05) is 0 Å². The fraction of sp³-hybridized carbons (Fsp3) is 0. The van der Waals surface area contributed by atoms with E-state index >= 15 is 0 Å². The van der Waals surface area contributed by atoms with Crippen molar-refractivity contribution in [3.63, 3.8) is 0 Å². The molecule has 0 amide bonds. The van der Waals surface area contributed by atoms with Crippen LogP contribution >= 0.6 is 44.8 Å². The van der Waals surface area contributed by atoms with Crippen molar-refractivity contribution < 1.29 is 9.59 Å². The minimum atomic E-state index is -0.579. The average molecular weight is 345 g/mol. The van der Waals surface area contributed by atoms with E-state index in [0.717, 1.165) is 0 Å². The molecule has 102 valence electrons. The lowest BCUT2D eigenvalue weighted by Crippen LogP contribution is -1.94. The fourth-order valence-corrected chi connectivity index (χ4v) is 4.00. The number of pyridine rings is 2. The van der Waals surface area contributed by atoms with Gasteiger partial charge in [-0.15, -0.1) is 0 Å². The smallest absolute Gasteiger partial charge is 0.255 e. The number of rotatable bonds is 5. The first kappa shape index (κ1) is 15.3. The highest BCUT2D eigenvalue weighted by atomic mass is 35.5. The molecule has 2 heterocycles. The standard InChI is InChI=1S/C12H6Cl2N2O2S2/c13-11(17)7-5-15-3-1-9(7)19-20-10-2-4-16-6-8(10)12(14)18/h1-6H. The molecule has 0 aliphatic rings. The Morgan fingerprint density at radius 3 is 1.60 bits per heavy atom. The van der Waals surface area contributed by atoms with Gasteiger partial charge in [-0.25, -0.2) is 0 Å². The van der Waals surface area contributed by atoms with Crippen LogP contribution in [0.2, 0.25) is 0 Å². The number of carbonyl (C=O) groups excluding carboxylic acids is 2. The van der Waals surface area contributed by atoms with Crippen molar-refractivity contribution in [1.82, 2.24) is 9.97 Å². The Balaban J connectivity index is 2.22. The van der Waals surface area contributed by atoms with Crippen LogP contribution in [0.25, 0.3) is 0 Å². The average Bonchev–Trinajstić information content (AvgIpc) is 2.45. The Kier molecular flexibility index (Phi) is 5.42. The molecule has 0 aromatic carbocycles. The molecule has 4 nitrogen and oxygen atoms in total. The van der Waals surface area contributed by atoms with Crippen molar-refractivity contribution in [2.45, 2.75) is 9.79 Å². The third-order valence-corrected chi connectivity index (χ3v) is 5.10. The molecule has 0 spiro atoms. The first-order valence-electron chi connectivity index (χ1n) is 5.22. The van der Waals surface area contributed by atoms with Crippen LogP contribution in [0.5, 0.6) is 0 Å². The van der Waals surface area contributed by atoms with Crippen molar-refractivity contribution >= 4 is 55.3 Å². The van der Waals surface area contributed by atoms with E-state index in [1.807, 2.05) is 0 Å². The number of halogens is 2. The monoisotopic (exact) mass is 344 g/mol. The third-order valence-electron chi connectivity index (χ3n) is 2.21. The lowest BCUT2D eigenvalue weighted by Gasteiger charge is -2.06. The van der Waals surface area contributed by atoms with Crippen molar-refractivity contribution in [1.29, 1.82) is 0 Å². The number of carbonyl (C=O) groups is 2. The number of nitrogens with zero attached hydrogens (tertiary/aromatic N) is 2. The molecule has 0 unspecified atom stereocenters. The van der Waals surface area contributed by atoms with Crippen LogP contribution in [0, 0.1) is 0 Å². The Labute approximate surface area is 132 Å². The first-order valence-corrected chi connectivity index (χ1v) is 8.12. The van der Waals surface area contributed by atoms with E-state index in [1.54, 1.807) is 24.5 Å². The minimum absolute atomic E-state index is 0.319.